The van der Waals surface area contributed by atoms with Crippen molar-refractivity contribution < 1.29 is 14.7 Å². The summed E-state index contributed by atoms with van der Waals surface area (Å²) >= 11 is 0. The van der Waals surface area contributed by atoms with Crippen molar-refractivity contribution in [3.63, 3.8) is 0 Å². The van der Waals surface area contributed by atoms with Crippen LogP contribution in [0.25, 0.3) is 11.0 Å². The molecule has 6 heteroatoms. The Morgan fingerprint density at radius 3 is 2.81 bits per heavy atom. The molecule has 0 spiro atoms. The fraction of sp³-hybridized carbons (Fsp3) is 0.286. The first-order valence-electron chi connectivity index (χ1n) is 9.06. The molecule has 138 valence electrons. The molecular weight excluding hydrogens is 342 g/mol. The van der Waals surface area contributed by atoms with E-state index in [0.29, 0.717) is 18.7 Å². The molecule has 4 rings (SSSR count). The van der Waals surface area contributed by atoms with E-state index in [9.17, 15) is 14.7 Å². The first-order valence-corrected chi connectivity index (χ1v) is 9.06. The van der Waals surface area contributed by atoms with Gasteiger partial charge in [0.1, 0.15) is 0 Å². The Kier molecular flexibility index (Phi) is 4.39. The highest BCUT2D eigenvalue weighted by atomic mass is 16.4. The number of carboxylic acid groups (broad SMARTS) is 1. The van der Waals surface area contributed by atoms with Crippen molar-refractivity contribution in [2.24, 2.45) is 7.05 Å². The van der Waals surface area contributed by atoms with Crippen molar-refractivity contribution in [2.75, 3.05) is 13.1 Å². The molecule has 0 saturated carbocycles. The van der Waals surface area contributed by atoms with Crippen molar-refractivity contribution in [3.05, 3.63) is 65.5 Å². The Hall–Kier alpha value is -3.15. The molecule has 27 heavy (non-hydrogen) atoms. The van der Waals surface area contributed by atoms with E-state index in [1.54, 1.807) is 24.5 Å². The van der Waals surface area contributed by atoms with E-state index in [1.165, 1.54) is 0 Å². The Bertz CT molecular complexity index is 1020. The number of imidazole rings is 1. The molecule has 1 fully saturated rings. The summed E-state index contributed by atoms with van der Waals surface area (Å²) in [6, 6.07) is 12.7. The highest BCUT2D eigenvalue weighted by Crippen LogP contribution is 2.28. The van der Waals surface area contributed by atoms with Crippen molar-refractivity contribution in [3.8, 4) is 0 Å². The molecule has 0 aliphatic carbocycles. The molecule has 1 atom stereocenters. The van der Waals surface area contributed by atoms with Crippen LogP contribution in [-0.4, -0.2) is 44.5 Å². The molecule has 1 N–H and O–H groups in total. The highest BCUT2D eigenvalue weighted by molar-refractivity contribution is 5.97. The second-order valence-corrected chi connectivity index (χ2v) is 7.08. The van der Waals surface area contributed by atoms with Crippen LogP contribution in [0.3, 0.4) is 0 Å². The number of hydrogen-bond donors (Lipinski definition) is 1. The highest BCUT2D eigenvalue weighted by Gasteiger charge is 2.26. The van der Waals surface area contributed by atoms with E-state index >= 15 is 0 Å². The third kappa shape index (κ3) is 3.30. The van der Waals surface area contributed by atoms with Gasteiger partial charge in [-0.15, -0.1) is 0 Å². The van der Waals surface area contributed by atoms with Gasteiger partial charge in [-0.2, -0.15) is 0 Å². The second-order valence-electron chi connectivity index (χ2n) is 7.08. The zero-order chi connectivity index (χ0) is 19.0. The van der Waals surface area contributed by atoms with Crippen LogP contribution in [0.5, 0.6) is 0 Å². The van der Waals surface area contributed by atoms with Crippen molar-refractivity contribution >= 4 is 22.9 Å². The summed E-state index contributed by atoms with van der Waals surface area (Å²) in [4.78, 5) is 30.4. The molecule has 2 heterocycles. The van der Waals surface area contributed by atoms with Crippen LogP contribution >= 0.6 is 0 Å². The number of carboxylic acids is 1. The van der Waals surface area contributed by atoms with E-state index < -0.39 is 5.97 Å². The molecule has 6 nitrogen and oxygen atoms in total. The average Bonchev–Trinajstić information content (AvgIpc) is 3.08. The van der Waals surface area contributed by atoms with Gasteiger partial charge in [-0.3, -0.25) is 4.79 Å². The molecule has 1 unspecified atom stereocenters. The number of aromatic carboxylic acids is 1. The fourth-order valence-corrected chi connectivity index (χ4v) is 3.81. The Morgan fingerprint density at radius 1 is 1.15 bits per heavy atom. The summed E-state index contributed by atoms with van der Waals surface area (Å²) in [6.45, 7) is 1.32. The normalized spacial score (nSPS) is 17.2. The minimum atomic E-state index is -0.927. The van der Waals surface area contributed by atoms with E-state index in [4.69, 9.17) is 0 Å². The maximum Gasteiger partial charge on any atom is 0.335 e. The number of likely N-dealkylation sites (tertiary alicyclic amines) is 1. The molecule has 0 radical (unpaired) electrons. The number of aromatic nitrogens is 2. The summed E-state index contributed by atoms with van der Waals surface area (Å²) in [6.07, 6.45) is 3.59. The predicted molar refractivity (Wildman–Crippen MR) is 102 cm³/mol. The smallest absolute Gasteiger partial charge is 0.335 e. The number of benzene rings is 2. The van der Waals surface area contributed by atoms with E-state index in [2.05, 4.69) is 4.98 Å². The van der Waals surface area contributed by atoms with Crippen LogP contribution in [0, 0.1) is 0 Å². The van der Waals surface area contributed by atoms with Gasteiger partial charge in [0, 0.05) is 31.6 Å². The van der Waals surface area contributed by atoms with Gasteiger partial charge >= 0.3 is 5.97 Å². The van der Waals surface area contributed by atoms with E-state index in [1.807, 2.05) is 40.8 Å². The summed E-state index contributed by atoms with van der Waals surface area (Å²) < 4.78 is 1.93. The third-order valence-corrected chi connectivity index (χ3v) is 5.29. The monoisotopic (exact) mass is 363 g/mol. The lowest BCUT2D eigenvalue weighted by atomic mass is 9.89. The molecule has 1 saturated heterocycles. The van der Waals surface area contributed by atoms with Crippen LogP contribution in [0.4, 0.5) is 0 Å². The Morgan fingerprint density at radius 2 is 2.00 bits per heavy atom. The quantitative estimate of drug-likeness (QED) is 0.775. The molecule has 1 amide bonds. The van der Waals surface area contributed by atoms with Gasteiger partial charge in [0.2, 0.25) is 0 Å². The Balaban J connectivity index is 1.55. The van der Waals surface area contributed by atoms with Crippen LogP contribution in [0.15, 0.2) is 48.8 Å². The van der Waals surface area contributed by atoms with Crippen LogP contribution in [0.2, 0.25) is 0 Å². The van der Waals surface area contributed by atoms with Crippen LogP contribution < -0.4 is 0 Å². The summed E-state index contributed by atoms with van der Waals surface area (Å²) in [7, 11) is 1.93. The van der Waals surface area contributed by atoms with Crippen molar-refractivity contribution in [1.82, 2.24) is 14.5 Å². The standard InChI is InChI=1S/C21H21N3O3/c1-23-13-22-18-11-15(7-8-19(18)23)20(25)24-9-3-6-17(12-24)14-4-2-5-16(10-14)21(26)27/h2,4-5,7-8,10-11,13,17H,3,6,9,12H2,1H3,(H,26,27). The molecule has 2 aromatic carbocycles. The zero-order valence-corrected chi connectivity index (χ0v) is 15.1. The van der Waals surface area contributed by atoms with E-state index in [-0.39, 0.29) is 17.4 Å². The topological polar surface area (TPSA) is 75.4 Å². The van der Waals surface area contributed by atoms with Crippen molar-refractivity contribution in [2.45, 2.75) is 18.8 Å². The minimum absolute atomic E-state index is 0.00152. The number of nitrogens with zero attached hydrogens (tertiary/aromatic N) is 3. The molecule has 0 bridgehead atoms. The van der Waals surface area contributed by atoms with Crippen LogP contribution in [0.1, 0.15) is 45.0 Å². The fourth-order valence-electron chi connectivity index (χ4n) is 3.81. The second kappa shape index (κ2) is 6.87. The number of fused-ring (bicyclic) bond motifs is 1. The summed E-state index contributed by atoms with van der Waals surface area (Å²) in [5.41, 5.74) is 3.71. The number of piperidine rings is 1. The van der Waals surface area contributed by atoms with Gasteiger partial charge < -0.3 is 14.6 Å². The maximum atomic E-state index is 13.0. The molecule has 1 aliphatic rings. The van der Waals surface area contributed by atoms with Gasteiger partial charge in [-0.1, -0.05) is 12.1 Å². The Labute approximate surface area is 157 Å². The molecule has 3 aromatic rings. The lowest BCUT2D eigenvalue weighted by molar-refractivity contribution is 0.0688. The maximum absolute atomic E-state index is 13.0. The number of amides is 1. The van der Waals surface area contributed by atoms with Crippen LogP contribution in [-0.2, 0) is 7.05 Å². The van der Waals surface area contributed by atoms with Gasteiger partial charge in [0.25, 0.3) is 5.91 Å². The third-order valence-electron chi connectivity index (χ3n) is 5.29. The SMILES string of the molecule is Cn1cnc2cc(C(=O)N3CCCC(c4cccc(C(=O)O)c4)C3)ccc21. The lowest BCUT2D eigenvalue weighted by Crippen LogP contribution is -2.39. The first kappa shape index (κ1) is 17.3. The zero-order valence-electron chi connectivity index (χ0n) is 15.1. The average molecular weight is 363 g/mol. The van der Waals surface area contributed by atoms with Gasteiger partial charge in [-0.05, 0) is 48.7 Å². The number of carbonyl (C=O) groups is 2. The number of rotatable bonds is 3. The predicted octanol–water partition coefficient (Wildman–Crippen LogP) is 3.29. The van der Waals surface area contributed by atoms with Gasteiger partial charge in [0.15, 0.2) is 0 Å². The minimum Gasteiger partial charge on any atom is -0.478 e. The summed E-state index contributed by atoms with van der Waals surface area (Å²) in [5, 5.41) is 9.21. The summed E-state index contributed by atoms with van der Waals surface area (Å²) in [5.74, 6) is -0.772. The first-order chi connectivity index (χ1) is 13.0. The molecule has 1 aromatic heterocycles. The number of aryl methyl sites for hydroxylation is 1. The van der Waals surface area contributed by atoms with Gasteiger partial charge in [0.05, 0.1) is 22.9 Å². The number of hydrogen-bond acceptors (Lipinski definition) is 3. The lowest BCUT2D eigenvalue weighted by Gasteiger charge is -2.33. The van der Waals surface area contributed by atoms with Gasteiger partial charge in [-0.25, -0.2) is 9.78 Å². The molecular formula is C21H21N3O3. The largest absolute Gasteiger partial charge is 0.478 e. The van der Waals surface area contributed by atoms with Crippen molar-refractivity contribution in [1.29, 1.82) is 0 Å². The number of carbonyl (C=O) groups excluding carboxylic acids is 1. The van der Waals surface area contributed by atoms with E-state index in [0.717, 1.165) is 29.4 Å². The molecule has 1 aliphatic heterocycles.